The Balaban J connectivity index is 1.17. The Kier molecular flexibility index (Phi) is 6.20. The van der Waals surface area contributed by atoms with Crippen LogP contribution in [-0.2, 0) is 5.41 Å². The van der Waals surface area contributed by atoms with Crippen LogP contribution >= 0.6 is 0 Å². The molecule has 7 aromatic carbocycles. The second kappa shape index (κ2) is 10.6. The Morgan fingerprint density at radius 2 is 1.06 bits per heavy atom. The first-order valence-electron chi connectivity index (χ1n) is 16.3. The van der Waals surface area contributed by atoms with E-state index in [2.05, 4.69) is 170 Å². The number of fused-ring (bicyclic) bond motifs is 6. The molecule has 2 heteroatoms. The lowest BCUT2D eigenvalue weighted by molar-refractivity contribution is 0.660. The van der Waals surface area contributed by atoms with Gasteiger partial charge in [-0.1, -0.05) is 129 Å². The molecule has 47 heavy (non-hydrogen) atoms. The van der Waals surface area contributed by atoms with Crippen LogP contribution < -0.4 is 4.90 Å². The van der Waals surface area contributed by atoms with Crippen LogP contribution in [0.15, 0.2) is 168 Å². The Morgan fingerprint density at radius 1 is 0.447 bits per heavy atom. The molecule has 1 aliphatic rings. The third-order valence-corrected chi connectivity index (χ3v) is 9.89. The summed E-state index contributed by atoms with van der Waals surface area (Å²) in [4.78, 5) is 2.38. The number of anilines is 3. The number of nitrogens with zero attached hydrogens (tertiary/aromatic N) is 1. The zero-order chi connectivity index (χ0) is 31.5. The molecule has 0 N–H and O–H groups in total. The summed E-state index contributed by atoms with van der Waals surface area (Å²) in [6.45, 7) is 4.69. The fourth-order valence-electron chi connectivity index (χ4n) is 7.59. The zero-order valence-corrected chi connectivity index (χ0v) is 26.4. The fourth-order valence-corrected chi connectivity index (χ4v) is 7.59. The maximum atomic E-state index is 6.21. The van der Waals surface area contributed by atoms with Crippen molar-refractivity contribution >= 4 is 39.0 Å². The van der Waals surface area contributed by atoms with Crippen LogP contribution in [0.25, 0.3) is 55.3 Å². The first kappa shape index (κ1) is 27.5. The third-order valence-electron chi connectivity index (χ3n) is 9.89. The summed E-state index contributed by atoms with van der Waals surface area (Å²) in [5.41, 5.74) is 15.3. The number of furan rings is 1. The highest BCUT2D eigenvalue weighted by Crippen LogP contribution is 2.53. The van der Waals surface area contributed by atoms with Gasteiger partial charge in [0, 0.05) is 33.1 Å². The first-order chi connectivity index (χ1) is 23.1. The lowest BCUT2D eigenvalue weighted by atomic mass is 9.82. The summed E-state index contributed by atoms with van der Waals surface area (Å²) in [6, 6.07) is 58.9. The second-order valence-corrected chi connectivity index (χ2v) is 12.9. The summed E-state index contributed by atoms with van der Waals surface area (Å²) in [7, 11) is 0. The SMILES string of the molecule is CC1(C)c2ccccc2-c2c(-c3ccccc3N(c3ccccc3)c3ccc(-c4ccc5c(c4)oc4ccccc45)cc3)cccc21. The van der Waals surface area contributed by atoms with Crippen LogP contribution in [0.3, 0.4) is 0 Å². The van der Waals surface area contributed by atoms with Crippen molar-refractivity contribution in [3.8, 4) is 33.4 Å². The van der Waals surface area contributed by atoms with Gasteiger partial charge in [-0.3, -0.25) is 0 Å². The summed E-state index contributed by atoms with van der Waals surface area (Å²) < 4.78 is 6.21. The van der Waals surface area contributed by atoms with Crippen molar-refractivity contribution in [2.45, 2.75) is 19.3 Å². The average Bonchev–Trinajstić information content (AvgIpc) is 3.61. The molecule has 0 spiro atoms. The highest BCUT2D eigenvalue weighted by atomic mass is 16.3. The molecule has 0 atom stereocenters. The van der Waals surface area contributed by atoms with E-state index in [1.54, 1.807) is 0 Å². The van der Waals surface area contributed by atoms with Gasteiger partial charge in [-0.15, -0.1) is 0 Å². The van der Waals surface area contributed by atoms with Gasteiger partial charge in [0.05, 0.1) is 5.69 Å². The van der Waals surface area contributed by atoms with Gasteiger partial charge in [0.25, 0.3) is 0 Å². The van der Waals surface area contributed by atoms with E-state index < -0.39 is 0 Å². The van der Waals surface area contributed by atoms with Gasteiger partial charge in [-0.25, -0.2) is 0 Å². The maximum Gasteiger partial charge on any atom is 0.136 e. The van der Waals surface area contributed by atoms with Crippen LogP contribution in [0.2, 0.25) is 0 Å². The quantitative estimate of drug-likeness (QED) is 0.195. The molecule has 1 aromatic heterocycles. The van der Waals surface area contributed by atoms with Gasteiger partial charge in [0.1, 0.15) is 11.2 Å². The van der Waals surface area contributed by atoms with Gasteiger partial charge in [0.15, 0.2) is 0 Å². The van der Waals surface area contributed by atoms with E-state index in [1.807, 2.05) is 12.1 Å². The normalized spacial score (nSPS) is 13.1. The van der Waals surface area contributed by atoms with Crippen LogP contribution in [0.5, 0.6) is 0 Å². The molecular weight excluding hydrogens is 571 g/mol. The Hall–Kier alpha value is -5.86. The van der Waals surface area contributed by atoms with Gasteiger partial charge in [-0.2, -0.15) is 0 Å². The van der Waals surface area contributed by atoms with Crippen molar-refractivity contribution in [1.29, 1.82) is 0 Å². The molecule has 0 amide bonds. The predicted molar refractivity (Wildman–Crippen MR) is 197 cm³/mol. The topological polar surface area (TPSA) is 16.4 Å². The minimum absolute atomic E-state index is 0.0583. The molecule has 0 aliphatic heterocycles. The van der Waals surface area contributed by atoms with Crippen molar-refractivity contribution in [3.63, 3.8) is 0 Å². The monoisotopic (exact) mass is 603 g/mol. The Bertz CT molecular complexity index is 2430. The molecule has 0 radical (unpaired) electrons. The molecule has 224 valence electrons. The fraction of sp³-hybridized carbons (Fsp3) is 0.0667. The van der Waals surface area contributed by atoms with Crippen LogP contribution in [-0.4, -0.2) is 0 Å². The molecule has 1 heterocycles. The molecular formula is C45H33NO. The van der Waals surface area contributed by atoms with E-state index in [4.69, 9.17) is 4.42 Å². The third kappa shape index (κ3) is 4.33. The van der Waals surface area contributed by atoms with Crippen molar-refractivity contribution in [3.05, 3.63) is 175 Å². The number of hydrogen-bond acceptors (Lipinski definition) is 2. The molecule has 1 aliphatic carbocycles. The average molecular weight is 604 g/mol. The molecule has 0 unspecified atom stereocenters. The van der Waals surface area contributed by atoms with Crippen LogP contribution in [0.4, 0.5) is 17.1 Å². The van der Waals surface area contributed by atoms with Crippen LogP contribution in [0.1, 0.15) is 25.0 Å². The van der Waals surface area contributed by atoms with Gasteiger partial charge >= 0.3 is 0 Å². The molecule has 0 bridgehead atoms. The molecule has 2 nitrogen and oxygen atoms in total. The summed E-state index contributed by atoms with van der Waals surface area (Å²) in [5.74, 6) is 0. The van der Waals surface area contributed by atoms with Gasteiger partial charge in [-0.05, 0) is 87.5 Å². The maximum absolute atomic E-state index is 6.21. The minimum atomic E-state index is -0.0583. The number of para-hydroxylation sites is 3. The van der Waals surface area contributed by atoms with Gasteiger partial charge in [0.2, 0.25) is 0 Å². The van der Waals surface area contributed by atoms with E-state index >= 15 is 0 Å². The first-order valence-corrected chi connectivity index (χ1v) is 16.3. The molecule has 0 saturated heterocycles. The number of hydrogen-bond donors (Lipinski definition) is 0. The van der Waals surface area contributed by atoms with E-state index in [-0.39, 0.29) is 5.41 Å². The molecule has 9 rings (SSSR count). The number of benzene rings is 7. The van der Waals surface area contributed by atoms with E-state index in [0.717, 1.165) is 50.1 Å². The lowest BCUT2D eigenvalue weighted by Gasteiger charge is -2.28. The lowest BCUT2D eigenvalue weighted by Crippen LogP contribution is -2.14. The van der Waals surface area contributed by atoms with Crippen molar-refractivity contribution in [1.82, 2.24) is 0 Å². The van der Waals surface area contributed by atoms with Crippen molar-refractivity contribution in [2.24, 2.45) is 0 Å². The summed E-state index contributed by atoms with van der Waals surface area (Å²) in [5, 5.41) is 2.30. The smallest absolute Gasteiger partial charge is 0.136 e. The largest absolute Gasteiger partial charge is 0.456 e. The molecule has 0 fully saturated rings. The highest BCUT2D eigenvalue weighted by Gasteiger charge is 2.37. The number of rotatable bonds is 5. The summed E-state index contributed by atoms with van der Waals surface area (Å²) >= 11 is 0. The Labute approximate surface area is 275 Å². The minimum Gasteiger partial charge on any atom is -0.456 e. The zero-order valence-electron chi connectivity index (χ0n) is 26.4. The van der Waals surface area contributed by atoms with E-state index in [9.17, 15) is 0 Å². The van der Waals surface area contributed by atoms with Crippen molar-refractivity contribution in [2.75, 3.05) is 4.90 Å². The van der Waals surface area contributed by atoms with Gasteiger partial charge < -0.3 is 9.32 Å². The highest BCUT2D eigenvalue weighted by molar-refractivity contribution is 6.06. The Morgan fingerprint density at radius 3 is 1.91 bits per heavy atom. The molecule has 8 aromatic rings. The standard InChI is InChI=1S/C45H33NO/c1-45(2)39-19-9-6-17-38(39)44-37(18-12-20-40(44)45)34-15-7-10-21-41(34)46(32-13-4-3-5-14-32)33-26-23-30(24-27-33)31-25-28-36-35-16-8-11-22-42(35)47-43(36)29-31/h3-29H,1-2H3. The summed E-state index contributed by atoms with van der Waals surface area (Å²) in [6.07, 6.45) is 0. The predicted octanol–water partition coefficient (Wildman–Crippen LogP) is 12.7. The molecule has 0 saturated carbocycles. The van der Waals surface area contributed by atoms with E-state index in [1.165, 1.54) is 33.4 Å². The van der Waals surface area contributed by atoms with E-state index in [0.29, 0.717) is 0 Å². The second-order valence-electron chi connectivity index (χ2n) is 12.9. The van der Waals surface area contributed by atoms with Crippen molar-refractivity contribution < 1.29 is 4.42 Å². The van der Waals surface area contributed by atoms with Crippen LogP contribution in [0, 0.1) is 0 Å².